The predicted molar refractivity (Wildman–Crippen MR) is 118 cm³/mol. The van der Waals surface area contributed by atoms with Crippen LogP contribution in [0, 0.1) is 6.92 Å². The van der Waals surface area contributed by atoms with E-state index in [9.17, 15) is 0 Å². The molecule has 0 saturated carbocycles. The number of nitrogens with one attached hydrogen (secondary N) is 1. The van der Waals surface area contributed by atoms with Crippen LogP contribution in [-0.2, 0) is 0 Å². The molecule has 0 amide bonds. The summed E-state index contributed by atoms with van der Waals surface area (Å²) in [4.78, 5) is 10.1. The predicted octanol–water partition coefficient (Wildman–Crippen LogP) is 5.94. The smallest absolute Gasteiger partial charge is 0.181 e. The highest BCUT2D eigenvalue weighted by Gasteiger charge is 2.15. The summed E-state index contributed by atoms with van der Waals surface area (Å²) >= 11 is 1.50. The van der Waals surface area contributed by atoms with E-state index in [1.165, 1.54) is 22.5 Å². The number of pyridine rings is 1. The Morgan fingerprint density at radius 3 is 2.57 bits per heavy atom. The Bertz CT molecular complexity index is 1090. The lowest BCUT2D eigenvalue weighted by molar-refractivity contribution is 0.875. The third kappa shape index (κ3) is 3.89. The largest absolute Gasteiger partial charge is 0.375 e. The zero-order valence-corrected chi connectivity index (χ0v) is 16.7. The molecule has 0 fully saturated rings. The number of aromatic nitrogens is 2. The number of benzene rings is 2. The lowest BCUT2D eigenvalue weighted by atomic mass is 10.1. The molecule has 0 aliphatic heterocycles. The fraction of sp³-hybridized carbons (Fsp3) is 0.130. The lowest BCUT2D eigenvalue weighted by Crippen LogP contribution is -2.07. The van der Waals surface area contributed by atoms with Gasteiger partial charge in [0.2, 0.25) is 0 Å². The SMILES string of the molecule is Cc1cccc(-c2nc(N)sc2-c2ccnc(NC(C)c3ccccc3)c2)c1. The average Bonchev–Trinajstić information content (AvgIpc) is 3.11. The molecule has 3 N–H and O–H groups in total. The number of nitrogens with two attached hydrogens (primary N) is 1. The van der Waals surface area contributed by atoms with Crippen molar-refractivity contribution >= 4 is 22.3 Å². The summed E-state index contributed by atoms with van der Waals surface area (Å²) in [6, 6.07) is 22.9. The fourth-order valence-corrected chi connectivity index (χ4v) is 4.07. The van der Waals surface area contributed by atoms with E-state index in [1.54, 1.807) is 0 Å². The van der Waals surface area contributed by atoms with Crippen molar-refractivity contribution in [3.63, 3.8) is 0 Å². The molecule has 2 aromatic carbocycles. The van der Waals surface area contributed by atoms with Crippen molar-refractivity contribution in [2.45, 2.75) is 19.9 Å². The van der Waals surface area contributed by atoms with Crippen LogP contribution in [0.2, 0.25) is 0 Å². The van der Waals surface area contributed by atoms with E-state index >= 15 is 0 Å². The van der Waals surface area contributed by atoms with Gasteiger partial charge >= 0.3 is 0 Å². The molecule has 0 radical (unpaired) electrons. The van der Waals surface area contributed by atoms with E-state index in [0.29, 0.717) is 5.13 Å². The Morgan fingerprint density at radius 2 is 1.79 bits per heavy atom. The van der Waals surface area contributed by atoms with Crippen LogP contribution in [0.25, 0.3) is 21.7 Å². The third-order valence-corrected chi connectivity index (χ3v) is 5.55. The van der Waals surface area contributed by atoms with E-state index in [-0.39, 0.29) is 6.04 Å². The molecule has 2 aromatic heterocycles. The van der Waals surface area contributed by atoms with Crippen molar-refractivity contribution in [3.8, 4) is 21.7 Å². The van der Waals surface area contributed by atoms with Gasteiger partial charge in [0, 0.05) is 17.8 Å². The normalized spacial score (nSPS) is 11.9. The number of rotatable bonds is 5. The Kier molecular flexibility index (Phi) is 5.08. The summed E-state index contributed by atoms with van der Waals surface area (Å²) in [6.45, 7) is 4.21. The molecule has 0 aliphatic rings. The van der Waals surface area contributed by atoms with Crippen LogP contribution in [-0.4, -0.2) is 9.97 Å². The van der Waals surface area contributed by atoms with Gasteiger partial charge in [-0.05, 0) is 43.2 Å². The maximum atomic E-state index is 6.06. The molecule has 1 atom stereocenters. The molecule has 1 unspecified atom stereocenters. The molecule has 0 spiro atoms. The summed E-state index contributed by atoms with van der Waals surface area (Å²) in [5.41, 5.74) is 11.5. The van der Waals surface area contributed by atoms with Gasteiger partial charge in [-0.2, -0.15) is 0 Å². The van der Waals surface area contributed by atoms with Crippen molar-refractivity contribution in [2.75, 3.05) is 11.1 Å². The molecule has 140 valence electrons. The van der Waals surface area contributed by atoms with Crippen LogP contribution in [0.3, 0.4) is 0 Å². The summed E-state index contributed by atoms with van der Waals surface area (Å²) in [5.74, 6) is 0.830. The van der Waals surface area contributed by atoms with Crippen LogP contribution in [0.5, 0.6) is 0 Å². The molecule has 4 aromatic rings. The summed E-state index contributed by atoms with van der Waals surface area (Å²) < 4.78 is 0. The molecule has 0 bridgehead atoms. The van der Waals surface area contributed by atoms with Gasteiger partial charge in [-0.3, -0.25) is 0 Å². The van der Waals surface area contributed by atoms with Crippen molar-refractivity contribution in [3.05, 3.63) is 84.1 Å². The van der Waals surface area contributed by atoms with Gasteiger partial charge in [-0.15, -0.1) is 0 Å². The maximum absolute atomic E-state index is 6.06. The van der Waals surface area contributed by atoms with Crippen molar-refractivity contribution in [1.29, 1.82) is 0 Å². The van der Waals surface area contributed by atoms with Crippen molar-refractivity contribution in [2.24, 2.45) is 0 Å². The number of nitrogen functional groups attached to an aromatic ring is 1. The van der Waals surface area contributed by atoms with E-state index in [1.807, 2.05) is 36.5 Å². The van der Waals surface area contributed by atoms with E-state index < -0.39 is 0 Å². The Morgan fingerprint density at radius 1 is 0.964 bits per heavy atom. The van der Waals surface area contributed by atoms with Gasteiger partial charge in [0.05, 0.1) is 10.6 Å². The van der Waals surface area contributed by atoms with E-state index in [4.69, 9.17) is 5.73 Å². The molecular weight excluding hydrogens is 364 g/mol. The zero-order chi connectivity index (χ0) is 19.5. The Balaban J connectivity index is 1.67. The van der Waals surface area contributed by atoms with Crippen molar-refractivity contribution in [1.82, 2.24) is 9.97 Å². The van der Waals surface area contributed by atoms with E-state index in [2.05, 4.69) is 65.5 Å². The minimum atomic E-state index is 0.159. The fourth-order valence-electron chi connectivity index (χ4n) is 3.22. The van der Waals surface area contributed by atoms with Gasteiger partial charge in [-0.25, -0.2) is 9.97 Å². The highest BCUT2D eigenvalue weighted by atomic mass is 32.1. The van der Waals surface area contributed by atoms with Crippen LogP contribution >= 0.6 is 11.3 Å². The molecule has 2 heterocycles. The summed E-state index contributed by atoms with van der Waals surface area (Å²) in [7, 11) is 0. The average molecular weight is 387 g/mol. The van der Waals surface area contributed by atoms with Crippen LogP contribution in [0.1, 0.15) is 24.1 Å². The molecular formula is C23H22N4S. The van der Waals surface area contributed by atoms with Crippen LogP contribution < -0.4 is 11.1 Å². The highest BCUT2D eigenvalue weighted by molar-refractivity contribution is 7.19. The topological polar surface area (TPSA) is 63.8 Å². The first kappa shape index (κ1) is 18.2. The molecule has 5 heteroatoms. The Hall–Kier alpha value is -3.18. The monoisotopic (exact) mass is 386 g/mol. The third-order valence-electron chi connectivity index (χ3n) is 4.62. The highest BCUT2D eigenvalue weighted by Crippen LogP contribution is 2.38. The Labute approximate surface area is 169 Å². The first-order chi connectivity index (χ1) is 13.6. The number of anilines is 2. The van der Waals surface area contributed by atoms with Gasteiger partial charge in [-0.1, -0.05) is 65.4 Å². The lowest BCUT2D eigenvalue weighted by Gasteiger charge is -2.15. The van der Waals surface area contributed by atoms with Crippen LogP contribution in [0.15, 0.2) is 72.9 Å². The van der Waals surface area contributed by atoms with Crippen molar-refractivity contribution < 1.29 is 0 Å². The standard InChI is InChI=1S/C23H22N4S/c1-15-7-6-10-18(13-15)21-22(28-23(24)27-21)19-11-12-25-20(14-19)26-16(2)17-8-4-3-5-9-17/h3-14,16H,1-2H3,(H2,24,27)(H,25,26). The number of aryl methyl sites for hydroxylation is 1. The molecule has 28 heavy (non-hydrogen) atoms. The summed E-state index contributed by atoms with van der Waals surface area (Å²) in [5, 5.41) is 4.05. The zero-order valence-electron chi connectivity index (χ0n) is 15.9. The number of hydrogen-bond donors (Lipinski definition) is 2. The second kappa shape index (κ2) is 7.82. The van der Waals surface area contributed by atoms with Gasteiger partial charge in [0.15, 0.2) is 5.13 Å². The van der Waals surface area contributed by atoms with Gasteiger partial charge in [0.25, 0.3) is 0 Å². The minimum absolute atomic E-state index is 0.159. The second-order valence-corrected chi connectivity index (χ2v) is 7.84. The number of hydrogen-bond acceptors (Lipinski definition) is 5. The molecule has 4 nitrogen and oxygen atoms in total. The van der Waals surface area contributed by atoms with Gasteiger partial charge < -0.3 is 11.1 Å². The first-order valence-corrected chi connectivity index (χ1v) is 10.0. The summed E-state index contributed by atoms with van der Waals surface area (Å²) in [6.07, 6.45) is 1.82. The first-order valence-electron chi connectivity index (χ1n) is 9.21. The molecule has 4 rings (SSSR count). The van der Waals surface area contributed by atoms with E-state index in [0.717, 1.165) is 27.5 Å². The molecule has 0 saturated heterocycles. The quantitative estimate of drug-likeness (QED) is 0.446. The van der Waals surface area contributed by atoms with Crippen LogP contribution in [0.4, 0.5) is 10.9 Å². The number of nitrogens with zero attached hydrogens (tertiary/aromatic N) is 2. The number of thiazole rings is 1. The second-order valence-electron chi connectivity index (χ2n) is 6.81. The van der Waals surface area contributed by atoms with Gasteiger partial charge in [0.1, 0.15) is 5.82 Å². The maximum Gasteiger partial charge on any atom is 0.181 e. The minimum Gasteiger partial charge on any atom is -0.375 e. The molecule has 0 aliphatic carbocycles.